The SMILES string of the molecule is Cc1nc(C)c(C(=O)OCC(=O)NC(C)c2ccc3c(c2)OCO3)s1. The number of hydrogen-bond donors (Lipinski definition) is 1. The average molecular weight is 362 g/mol. The van der Waals surface area contributed by atoms with Gasteiger partial charge in [0.05, 0.1) is 16.7 Å². The molecule has 0 saturated carbocycles. The highest BCUT2D eigenvalue weighted by Crippen LogP contribution is 2.34. The highest BCUT2D eigenvalue weighted by molar-refractivity contribution is 7.13. The van der Waals surface area contributed by atoms with Crippen LogP contribution in [-0.2, 0) is 9.53 Å². The number of fused-ring (bicyclic) bond motifs is 1. The second-order valence-corrected chi connectivity index (χ2v) is 6.83. The molecular weight excluding hydrogens is 344 g/mol. The molecule has 1 aliphatic heterocycles. The van der Waals surface area contributed by atoms with Crippen LogP contribution < -0.4 is 14.8 Å². The lowest BCUT2D eigenvalue weighted by Crippen LogP contribution is -2.31. The number of aryl methyl sites for hydroxylation is 2. The molecule has 0 fully saturated rings. The maximum Gasteiger partial charge on any atom is 0.350 e. The summed E-state index contributed by atoms with van der Waals surface area (Å²) < 4.78 is 15.7. The summed E-state index contributed by atoms with van der Waals surface area (Å²) >= 11 is 1.25. The van der Waals surface area contributed by atoms with E-state index in [1.165, 1.54) is 11.3 Å². The number of carbonyl (C=O) groups is 2. The van der Waals surface area contributed by atoms with Gasteiger partial charge < -0.3 is 19.5 Å². The predicted molar refractivity (Wildman–Crippen MR) is 91.0 cm³/mol. The van der Waals surface area contributed by atoms with Gasteiger partial charge in [-0.25, -0.2) is 9.78 Å². The first-order chi connectivity index (χ1) is 11.9. The van der Waals surface area contributed by atoms with E-state index < -0.39 is 5.97 Å². The molecule has 8 heteroatoms. The molecule has 0 saturated heterocycles. The number of rotatable bonds is 5. The van der Waals surface area contributed by atoms with Crippen molar-refractivity contribution in [3.63, 3.8) is 0 Å². The monoisotopic (exact) mass is 362 g/mol. The van der Waals surface area contributed by atoms with Crippen LogP contribution in [0.1, 0.15) is 38.9 Å². The number of esters is 1. The molecule has 2 aromatic rings. The molecule has 3 rings (SSSR count). The first-order valence-electron chi connectivity index (χ1n) is 7.74. The molecular formula is C17H18N2O5S. The zero-order chi connectivity index (χ0) is 18.0. The van der Waals surface area contributed by atoms with E-state index in [0.717, 1.165) is 10.6 Å². The highest BCUT2D eigenvalue weighted by atomic mass is 32.1. The van der Waals surface area contributed by atoms with Gasteiger partial charge in [0, 0.05) is 0 Å². The Morgan fingerprint density at radius 2 is 2.08 bits per heavy atom. The normalized spacial score (nSPS) is 13.4. The third-order valence-corrected chi connectivity index (χ3v) is 4.75. The molecule has 1 aromatic heterocycles. The van der Waals surface area contributed by atoms with Crippen molar-refractivity contribution in [1.29, 1.82) is 0 Å². The van der Waals surface area contributed by atoms with Crippen molar-refractivity contribution in [3.8, 4) is 11.5 Å². The van der Waals surface area contributed by atoms with Crippen LogP contribution >= 0.6 is 11.3 Å². The number of amides is 1. The van der Waals surface area contributed by atoms with Gasteiger partial charge in [-0.1, -0.05) is 6.07 Å². The number of nitrogens with zero attached hydrogens (tertiary/aromatic N) is 1. The lowest BCUT2D eigenvalue weighted by atomic mass is 10.1. The molecule has 0 spiro atoms. The van der Waals surface area contributed by atoms with Crippen LogP contribution in [0.25, 0.3) is 0 Å². The zero-order valence-corrected chi connectivity index (χ0v) is 14.9. The molecule has 1 aromatic carbocycles. The van der Waals surface area contributed by atoms with Crippen LogP contribution in [0.15, 0.2) is 18.2 Å². The molecule has 132 valence electrons. The average Bonchev–Trinajstić information content (AvgIpc) is 3.17. The van der Waals surface area contributed by atoms with Gasteiger partial charge in [0.25, 0.3) is 5.91 Å². The molecule has 1 amide bonds. The van der Waals surface area contributed by atoms with Gasteiger partial charge in [0.1, 0.15) is 4.88 Å². The maximum absolute atomic E-state index is 12.0. The van der Waals surface area contributed by atoms with Crippen molar-refractivity contribution in [3.05, 3.63) is 39.3 Å². The Balaban J connectivity index is 1.53. The fourth-order valence-corrected chi connectivity index (χ4v) is 3.28. The van der Waals surface area contributed by atoms with Gasteiger partial charge >= 0.3 is 5.97 Å². The van der Waals surface area contributed by atoms with Crippen molar-refractivity contribution in [2.24, 2.45) is 0 Å². The Kier molecular flexibility index (Phi) is 4.89. The first-order valence-corrected chi connectivity index (χ1v) is 8.55. The van der Waals surface area contributed by atoms with Crippen molar-refractivity contribution in [1.82, 2.24) is 10.3 Å². The number of aromatic nitrogens is 1. The number of carbonyl (C=O) groups excluding carboxylic acids is 2. The van der Waals surface area contributed by atoms with Gasteiger partial charge in [-0.15, -0.1) is 11.3 Å². The van der Waals surface area contributed by atoms with Gasteiger partial charge in [0.15, 0.2) is 18.1 Å². The smallest absolute Gasteiger partial charge is 0.350 e. The third kappa shape index (κ3) is 3.90. The standard InChI is InChI=1S/C17H18N2O5S/c1-9(12-4-5-13-14(6-12)24-8-23-13)19-15(20)7-22-17(21)16-10(2)18-11(3)25-16/h4-6,9H,7-8H2,1-3H3,(H,19,20). The van der Waals surface area contributed by atoms with E-state index in [4.69, 9.17) is 14.2 Å². The molecule has 2 heterocycles. The number of ether oxygens (including phenoxy) is 3. The minimum Gasteiger partial charge on any atom is -0.454 e. The van der Waals surface area contributed by atoms with Crippen molar-refractivity contribution >= 4 is 23.2 Å². The van der Waals surface area contributed by atoms with E-state index in [2.05, 4.69) is 10.3 Å². The van der Waals surface area contributed by atoms with Crippen LogP contribution in [0, 0.1) is 13.8 Å². The second-order valence-electron chi connectivity index (χ2n) is 5.63. The van der Waals surface area contributed by atoms with Gasteiger partial charge in [0.2, 0.25) is 6.79 Å². The fraction of sp³-hybridized carbons (Fsp3) is 0.353. The Morgan fingerprint density at radius 1 is 1.32 bits per heavy atom. The molecule has 7 nitrogen and oxygen atoms in total. The minimum atomic E-state index is -0.533. The van der Waals surface area contributed by atoms with Gasteiger partial charge in [-0.2, -0.15) is 0 Å². The summed E-state index contributed by atoms with van der Waals surface area (Å²) in [5.41, 5.74) is 1.49. The summed E-state index contributed by atoms with van der Waals surface area (Å²) in [6.07, 6.45) is 0. The second kappa shape index (κ2) is 7.10. The van der Waals surface area contributed by atoms with Crippen molar-refractivity contribution in [2.75, 3.05) is 13.4 Å². The van der Waals surface area contributed by atoms with E-state index >= 15 is 0 Å². The number of thiazole rings is 1. The first kappa shape index (κ1) is 17.2. The van der Waals surface area contributed by atoms with Crippen LogP contribution in [-0.4, -0.2) is 30.3 Å². The van der Waals surface area contributed by atoms with E-state index in [1.807, 2.05) is 26.0 Å². The van der Waals surface area contributed by atoms with E-state index in [1.54, 1.807) is 13.0 Å². The Morgan fingerprint density at radius 3 is 2.80 bits per heavy atom. The van der Waals surface area contributed by atoms with Gasteiger partial charge in [-0.3, -0.25) is 4.79 Å². The number of hydrogen-bond acceptors (Lipinski definition) is 7. The summed E-state index contributed by atoms with van der Waals surface area (Å²) in [4.78, 5) is 28.6. The van der Waals surface area contributed by atoms with Crippen LogP contribution in [0.5, 0.6) is 11.5 Å². The fourth-order valence-electron chi connectivity index (χ4n) is 2.47. The molecule has 1 unspecified atom stereocenters. The quantitative estimate of drug-likeness (QED) is 0.823. The lowest BCUT2D eigenvalue weighted by Gasteiger charge is -2.14. The summed E-state index contributed by atoms with van der Waals surface area (Å²) in [6.45, 7) is 5.25. The third-order valence-electron chi connectivity index (χ3n) is 3.70. The number of nitrogens with one attached hydrogen (secondary N) is 1. The Bertz CT molecular complexity index is 817. The Labute approximate surface area is 148 Å². The van der Waals surface area contributed by atoms with Crippen LogP contribution in [0.4, 0.5) is 0 Å². The molecule has 25 heavy (non-hydrogen) atoms. The summed E-state index contributed by atoms with van der Waals surface area (Å²) in [7, 11) is 0. The van der Waals surface area contributed by atoms with Crippen LogP contribution in [0.3, 0.4) is 0 Å². The van der Waals surface area contributed by atoms with Crippen molar-refractivity contribution < 1.29 is 23.8 Å². The van der Waals surface area contributed by atoms with Crippen molar-refractivity contribution in [2.45, 2.75) is 26.8 Å². The summed E-state index contributed by atoms with van der Waals surface area (Å²) in [5.74, 6) is 0.430. The summed E-state index contributed by atoms with van der Waals surface area (Å²) in [5, 5.41) is 3.57. The maximum atomic E-state index is 12.0. The van der Waals surface area contributed by atoms with E-state index in [0.29, 0.717) is 22.1 Å². The lowest BCUT2D eigenvalue weighted by molar-refractivity contribution is -0.124. The molecule has 0 radical (unpaired) electrons. The van der Waals surface area contributed by atoms with Crippen LogP contribution in [0.2, 0.25) is 0 Å². The molecule has 0 bridgehead atoms. The van der Waals surface area contributed by atoms with Gasteiger partial charge in [-0.05, 0) is 38.5 Å². The minimum absolute atomic E-state index is 0.200. The topological polar surface area (TPSA) is 86.8 Å². The Hall–Kier alpha value is -2.61. The van der Waals surface area contributed by atoms with E-state index in [9.17, 15) is 9.59 Å². The zero-order valence-electron chi connectivity index (χ0n) is 14.1. The molecule has 1 atom stereocenters. The number of benzene rings is 1. The summed E-state index contributed by atoms with van der Waals surface area (Å²) in [6, 6.07) is 5.22. The highest BCUT2D eigenvalue weighted by Gasteiger charge is 2.19. The predicted octanol–water partition coefficient (Wildman–Crippen LogP) is 2.52. The molecule has 1 N–H and O–H groups in total. The molecule has 0 aliphatic carbocycles. The van der Waals surface area contributed by atoms with E-state index in [-0.39, 0.29) is 25.3 Å². The molecule has 1 aliphatic rings. The largest absolute Gasteiger partial charge is 0.454 e.